The lowest BCUT2D eigenvalue weighted by Crippen LogP contribution is -2.12. The third kappa shape index (κ3) is 2.57. The number of nitrogens with one attached hydrogen (secondary N) is 1. The highest BCUT2D eigenvalue weighted by molar-refractivity contribution is 7.12. The number of halogens is 1. The number of nitrogens with zero attached hydrogens (tertiary/aromatic N) is 1. The van der Waals surface area contributed by atoms with Gasteiger partial charge in [0.05, 0.1) is 16.9 Å². The van der Waals surface area contributed by atoms with E-state index in [1.165, 1.54) is 17.5 Å². The zero-order valence-corrected chi connectivity index (χ0v) is 10.6. The Labute approximate surface area is 107 Å². The minimum Gasteiger partial charge on any atom is -0.397 e. The molecule has 17 heavy (non-hydrogen) atoms. The van der Waals surface area contributed by atoms with E-state index in [9.17, 15) is 4.79 Å². The van der Waals surface area contributed by atoms with E-state index in [-0.39, 0.29) is 5.91 Å². The second kappa shape index (κ2) is 4.73. The highest BCUT2D eigenvalue weighted by atomic mass is 35.5. The quantitative estimate of drug-likeness (QED) is 0.879. The van der Waals surface area contributed by atoms with Gasteiger partial charge in [0.2, 0.25) is 0 Å². The fourth-order valence-electron chi connectivity index (χ4n) is 1.26. The Hall–Kier alpha value is -1.59. The van der Waals surface area contributed by atoms with Crippen LogP contribution < -0.4 is 11.1 Å². The molecule has 0 radical (unpaired) electrons. The fraction of sp³-hybridized carbons (Fsp3) is 0.0909. The highest BCUT2D eigenvalue weighted by Crippen LogP contribution is 2.23. The largest absolute Gasteiger partial charge is 0.397 e. The van der Waals surface area contributed by atoms with Crippen molar-refractivity contribution in [2.75, 3.05) is 11.1 Å². The van der Waals surface area contributed by atoms with Gasteiger partial charge in [-0.1, -0.05) is 11.6 Å². The molecule has 2 heterocycles. The average Bonchev–Trinajstić information content (AvgIpc) is 2.70. The first-order valence-corrected chi connectivity index (χ1v) is 6.10. The number of aromatic nitrogens is 1. The first kappa shape index (κ1) is 11.9. The normalized spacial score (nSPS) is 10.2. The third-order valence-corrected chi connectivity index (χ3v) is 3.56. The molecule has 0 aliphatic heterocycles. The van der Waals surface area contributed by atoms with Gasteiger partial charge in [-0.3, -0.25) is 4.79 Å². The summed E-state index contributed by atoms with van der Waals surface area (Å²) in [6, 6.07) is 3.40. The van der Waals surface area contributed by atoms with Gasteiger partial charge < -0.3 is 11.1 Å². The summed E-state index contributed by atoms with van der Waals surface area (Å²) in [6.07, 6.45) is 1.51. The van der Waals surface area contributed by atoms with Crippen molar-refractivity contribution < 1.29 is 4.79 Å². The van der Waals surface area contributed by atoms with E-state index < -0.39 is 0 Å². The van der Waals surface area contributed by atoms with Crippen LogP contribution in [-0.2, 0) is 0 Å². The van der Waals surface area contributed by atoms with E-state index in [1.54, 1.807) is 17.5 Å². The molecule has 0 aliphatic carbocycles. The fourth-order valence-corrected chi connectivity index (χ4v) is 2.30. The van der Waals surface area contributed by atoms with E-state index in [1.807, 2.05) is 6.92 Å². The molecule has 1 amide bonds. The Balaban J connectivity index is 2.19. The Morgan fingerprint density at radius 3 is 2.94 bits per heavy atom. The number of anilines is 2. The lowest BCUT2D eigenvalue weighted by atomic mass is 10.2. The number of nitrogens with two attached hydrogens (primary N) is 1. The number of amides is 1. The van der Waals surface area contributed by atoms with Crippen LogP contribution >= 0.6 is 22.9 Å². The Bertz CT molecular complexity index is 568. The summed E-state index contributed by atoms with van der Waals surface area (Å²) in [6.45, 7) is 1.85. The van der Waals surface area contributed by atoms with Gasteiger partial charge in [-0.2, -0.15) is 0 Å². The summed E-state index contributed by atoms with van der Waals surface area (Å²) in [7, 11) is 0. The smallest absolute Gasteiger partial charge is 0.268 e. The average molecular weight is 268 g/mol. The summed E-state index contributed by atoms with van der Waals surface area (Å²) in [5.41, 5.74) is 7.11. The molecule has 0 fully saturated rings. The molecule has 2 aromatic rings. The van der Waals surface area contributed by atoms with Crippen LogP contribution in [0.3, 0.4) is 0 Å². The van der Waals surface area contributed by atoms with Crippen LogP contribution in [0.2, 0.25) is 5.02 Å². The van der Waals surface area contributed by atoms with Gasteiger partial charge in [0, 0.05) is 0 Å². The Morgan fingerprint density at radius 1 is 1.59 bits per heavy atom. The lowest BCUT2D eigenvalue weighted by molar-refractivity contribution is 0.103. The van der Waals surface area contributed by atoms with E-state index in [2.05, 4.69) is 10.3 Å². The standard InChI is InChI=1S/C11H10ClN3OS/c1-6-4-9(14-5-8(6)13)15-11(16)10-7(12)2-3-17-10/h2-5H,13H2,1H3,(H,14,15,16). The van der Waals surface area contributed by atoms with Gasteiger partial charge in [0.25, 0.3) is 5.91 Å². The maximum Gasteiger partial charge on any atom is 0.268 e. The lowest BCUT2D eigenvalue weighted by Gasteiger charge is -2.05. The molecule has 0 bridgehead atoms. The molecule has 2 aromatic heterocycles. The monoisotopic (exact) mass is 267 g/mol. The van der Waals surface area contributed by atoms with Crippen molar-refractivity contribution in [3.63, 3.8) is 0 Å². The predicted molar refractivity (Wildman–Crippen MR) is 70.7 cm³/mol. The van der Waals surface area contributed by atoms with Crippen LogP contribution in [0.1, 0.15) is 15.2 Å². The molecule has 2 rings (SSSR count). The van der Waals surface area contributed by atoms with E-state index >= 15 is 0 Å². The number of aryl methyl sites for hydroxylation is 1. The van der Waals surface area contributed by atoms with Gasteiger partial charge in [-0.25, -0.2) is 4.98 Å². The van der Waals surface area contributed by atoms with Crippen LogP contribution in [0, 0.1) is 6.92 Å². The van der Waals surface area contributed by atoms with E-state index in [0.29, 0.717) is 21.4 Å². The van der Waals surface area contributed by atoms with Gasteiger partial charge in [0.15, 0.2) is 0 Å². The van der Waals surface area contributed by atoms with Crippen LogP contribution in [0.4, 0.5) is 11.5 Å². The van der Waals surface area contributed by atoms with Crippen LogP contribution in [0.15, 0.2) is 23.7 Å². The molecule has 0 aromatic carbocycles. The molecule has 0 saturated carbocycles. The Kier molecular flexibility index (Phi) is 3.31. The molecule has 0 unspecified atom stereocenters. The van der Waals surface area contributed by atoms with Crippen molar-refractivity contribution in [2.24, 2.45) is 0 Å². The minimum absolute atomic E-state index is 0.262. The van der Waals surface area contributed by atoms with Crippen molar-refractivity contribution in [2.45, 2.75) is 6.92 Å². The van der Waals surface area contributed by atoms with Crippen LogP contribution in [-0.4, -0.2) is 10.9 Å². The van der Waals surface area contributed by atoms with Crippen molar-refractivity contribution in [1.82, 2.24) is 4.98 Å². The van der Waals surface area contributed by atoms with Crippen LogP contribution in [0.5, 0.6) is 0 Å². The molecule has 0 spiro atoms. The van der Waals surface area contributed by atoms with Crippen molar-refractivity contribution in [1.29, 1.82) is 0 Å². The molecule has 0 saturated heterocycles. The highest BCUT2D eigenvalue weighted by Gasteiger charge is 2.12. The van der Waals surface area contributed by atoms with Gasteiger partial charge in [0.1, 0.15) is 10.7 Å². The summed E-state index contributed by atoms with van der Waals surface area (Å²) in [4.78, 5) is 16.3. The van der Waals surface area contributed by atoms with Crippen molar-refractivity contribution >= 4 is 40.4 Å². The number of carbonyl (C=O) groups excluding carboxylic acids is 1. The minimum atomic E-state index is -0.262. The first-order chi connectivity index (χ1) is 8.08. The molecule has 0 aliphatic rings. The first-order valence-electron chi connectivity index (χ1n) is 4.84. The topological polar surface area (TPSA) is 68.0 Å². The number of nitrogen functional groups attached to an aromatic ring is 1. The van der Waals surface area contributed by atoms with Crippen molar-refractivity contribution in [3.05, 3.63) is 39.2 Å². The summed E-state index contributed by atoms with van der Waals surface area (Å²) in [5.74, 6) is 0.202. The van der Waals surface area contributed by atoms with E-state index in [4.69, 9.17) is 17.3 Å². The van der Waals surface area contributed by atoms with Gasteiger partial charge in [-0.15, -0.1) is 11.3 Å². The number of carbonyl (C=O) groups is 1. The molecule has 4 nitrogen and oxygen atoms in total. The SMILES string of the molecule is Cc1cc(NC(=O)c2sccc2Cl)ncc1N. The molecule has 88 valence electrons. The number of thiophene rings is 1. The number of pyridine rings is 1. The molecule has 3 N–H and O–H groups in total. The van der Waals surface area contributed by atoms with Gasteiger partial charge >= 0.3 is 0 Å². The predicted octanol–water partition coefficient (Wildman–Crippen LogP) is 2.94. The summed E-state index contributed by atoms with van der Waals surface area (Å²) in [5, 5.41) is 4.88. The molecular formula is C11H10ClN3OS. The maximum atomic E-state index is 11.8. The number of hydrogen-bond donors (Lipinski definition) is 2. The molecule has 6 heteroatoms. The Morgan fingerprint density at radius 2 is 2.35 bits per heavy atom. The second-order valence-corrected chi connectivity index (χ2v) is 4.80. The van der Waals surface area contributed by atoms with Crippen molar-refractivity contribution in [3.8, 4) is 0 Å². The summed E-state index contributed by atoms with van der Waals surface area (Å²) >= 11 is 7.15. The van der Waals surface area contributed by atoms with Crippen LogP contribution in [0.25, 0.3) is 0 Å². The summed E-state index contributed by atoms with van der Waals surface area (Å²) < 4.78 is 0. The van der Waals surface area contributed by atoms with E-state index in [0.717, 1.165) is 5.56 Å². The zero-order chi connectivity index (χ0) is 12.4. The zero-order valence-electron chi connectivity index (χ0n) is 9.03. The number of hydrogen-bond acceptors (Lipinski definition) is 4. The molecule has 0 atom stereocenters. The second-order valence-electron chi connectivity index (χ2n) is 3.48. The maximum absolute atomic E-state index is 11.8. The number of rotatable bonds is 2. The van der Waals surface area contributed by atoms with Gasteiger partial charge in [-0.05, 0) is 30.0 Å². The third-order valence-electron chi connectivity index (χ3n) is 2.22. The molecular weight excluding hydrogens is 258 g/mol.